The Morgan fingerprint density at radius 2 is 1.17 bits per heavy atom. The van der Waals surface area contributed by atoms with E-state index in [-0.39, 0.29) is 17.2 Å². The molecule has 2 amide bonds. The Balaban J connectivity index is 1.96. The molecule has 0 radical (unpaired) electrons. The lowest BCUT2D eigenvalue weighted by atomic mass is 9.76. The minimum absolute atomic E-state index is 0.00422. The van der Waals surface area contributed by atoms with Gasteiger partial charge in [0, 0.05) is 6.42 Å². The Morgan fingerprint density at radius 3 is 1.56 bits per heavy atom. The lowest BCUT2D eigenvalue weighted by molar-refractivity contribution is -0.129. The fourth-order valence-electron chi connectivity index (χ4n) is 3.38. The van der Waals surface area contributed by atoms with Gasteiger partial charge in [0.05, 0.1) is 5.41 Å². The van der Waals surface area contributed by atoms with E-state index in [0.29, 0.717) is 6.42 Å². The lowest BCUT2D eigenvalue weighted by Gasteiger charge is -2.25. The number of carbonyl (C=O) groups excluding carboxylic acids is 2. The van der Waals surface area contributed by atoms with Crippen molar-refractivity contribution in [3.05, 3.63) is 0 Å². The number of amides is 2. The molecule has 0 aromatic rings. The van der Waals surface area contributed by atoms with Crippen LogP contribution in [0, 0.1) is 5.41 Å². The maximum absolute atomic E-state index is 12.0. The van der Waals surface area contributed by atoms with Gasteiger partial charge in [0.25, 0.3) is 0 Å². The molecule has 1 spiro atoms. The quantitative estimate of drug-likeness (QED) is 0.671. The van der Waals surface area contributed by atoms with E-state index in [1.165, 1.54) is 44.9 Å². The topological polar surface area (TPSA) is 46.2 Å². The Labute approximate surface area is 110 Å². The molecule has 3 nitrogen and oxygen atoms in total. The molecule has 2 rings (SSSR count). The molecule has 0 aromatic carbocycles. The maximum atomic E-state index is 12.0. The van der Waals surface area contributed by atoms with Gasteiger partial charge < -0.3 is 0 Å². The Kier molecular flexibility index (Phi) is 4.79. The molecule has 1 aliphatic carbocycles. The average molecular weight is 251 g/mol. The maximum Gasteiger partial charge on any atom is 0.233 e. The summed E-state index contributed by atoms with van der Waals surface area (Å²) in [5, 5.41) is 2.51. The number of imide groups is 1. The van der Waals surface area contributed by atoms with E-state index in [1.807, 2.05) is 0 Å². The van der Waals surface area contributed by atoms with E-state index in [0.717, 1.165) is 25.7 Å². The fraction of sp³-hybridized carbons (Fsp3) is 0.867. The van der Waals surface area contributed by atoms with Gasteiger partial charge in [0.1, 0.15) is 0 Å². The van der Waals surface area contributed by atoms with Crippen molar-refractivity contribution in [2.45, 2.75) is 77.0 Å². The summed E-state index contributed by atoms with van der Waals surface area (Å²) in [5.74, 6) is -0.0587. The summed E-state index contributed by atoms with van der Waals surface area (Å²) < 4.78 is 0. The van der Waals surface area contributed by atoms with Crippen molar-refractivity contribution >= 4 is 11.8 Å². The van der Waals surface area contributed by atoms with Crippen molar-refractivity contribution in [2.75, 3.05) is 0 Å². The highest BCUT2D eigenvalue weighted by Gasteiger charge is 2.45. The molecular formula is C15H25NO2. The van der Waals surface area contributed by atoms with Crippen LogP contribution in [0.5, 0.6) is 0 Å². The van der Waals surface area contributed by atoms with Crippen molar-refractivity contribution in [3.8, 4) is 0 Å². The lowest BCUT2D eigenvalue weighted by Crippen LogP contribution is -2.31. The van der Waals surface area contributed by atoms with Crippen molar-refractivity contribution in [2.24, 2.45) is 5.41 Å². The van der Waals surface area contributed by atoms with Gasteiger partial charge >= 0.3 is 0 Å². The second kappa shape index (κ2) is 6.35. The van der Waals surface area contributed by atoms with Crippen LogP contribution in [-0.2, 0) is 9.59 Å². The summed E-state index contributed by atoms with van der Waals surface area (Å²) in [5.41, 5.74) is -0.351. The minimum atomic E-state index is -0.351. The molecule has 0 unspecified atom stereocenters. The first-order valence-corrected chi connectivity index (χ1v) is 7.57. The number of hydrogen-bond donors (Lipinski definition) is 1. The summed E-state index contributed by atoms with van der Waals surface area (Å²) in [6.07, 6.45) is 13.5. The van der Waals surface area contributed by atoms with Crippen LogP contribution < -0.4 is 5.32 Å². The molecule has 1 N–H and O–H groups in total. The number of rotatable bonds is 0. The third-order valence-electron chi connectivity index (χ3n) is 4.54. The highest BCUT2D eigenvalue weighted by molar-refractivity contribution is 6.05. The second-order valence-corrected chi connectivity index (χ2v) is 6.02. The largest absolute Gasteiger partial charge is 0.296 e. The first-order valence-electron chi connectivity index (χ1n) is 7.57. The Morgan fingerprint density at radius 1 is 0.722 bits per heavy atom. The van der Waals surface area contributed by atoms with Crippen molar-refractivity contribution in [1.29, 1.82) is 0 Å². The van der Waals surface area contributed by atoms with Crippen LogP contribution in [0.2, 0.25) is 0 Å². The van der Waals surface area contributed by atoms with E-state index in [2.05, 4.69) is 5.32 Å². The van der Waals surface area contributed by atoms with E-state index in [9.17, 15) is 9.59 Å². The van der Waals surface area contributed by atoms with Crippen LogP contribution >= 0.6 is 0 Å². The summed E-state index contributed by atoms with van der Waals surface area (Å²) in [6, 6.07) is 0. The first-order chi connectivity index (χ1) is 8.73. The number of hydrogen-bond acceptors (Lipinski definition) is 2. The van der Waals surface area contributed by atoms with E-state index in [4.69, 9.17) is 0 Å². The third kappa shape index (κ3) is 3.33. The molecule has 2 fully saturated rings. The molecule has 1 heterocycles. The van der Waals surface area contributed by atoms with E-state index in [1.54, 1.807) is 0 Å². The molecule has 0 aromatic heterocycles. The van der Waals surface area contributed by atoms with Crippen LogP contribution in [0.25, 0.3) is 0 Å². The van der Waals surface area contributed by atoms with Crippen LogP contribution in [0.3, 0.4) is 0 Å². The zero-order chi connectivity index (χ0) is 12.8. The van der Waals surface area contributed by atoms with Crippen LogP contribution in [0.1, 0.15) is 77.0 Å². The van der Waals surface area contributed by atoms with Gasteiger partial charge in [-0.3, -0.25) is 14.9 Å². The summed E-state index contributed by atoms with van der Waals surface area (Å²) in [6.45, 7) is 0. The zero-order valence-electron chi connectivity index (χ0n) is 11.3. The van der Waals surface area contributed by atoms with Gasteiger partial charge in [-0.15, -0.1) is 0 Å². The molecule has 1 saturated carbocycles. The molecule has 1 aliphatic heterocycles. The van der Waals surface area contributed by atoms with Gasteiger partial charge in [-0.25, -0.2) is 0 Å². The smallest absolute Gasteiger partial charge is 0.233 e. The Hall–Kier alpha value is -0.860. The van der Waals surface area contributed by atoms with Crippen LogP contribution in [-0.4, -0.2) is 11.8 Å². The SMILES string of the molecule is O=C1CC2(CCCCCCCCCCC2)C(=O)N1. The van der Waals surface area contributed by atoms with Crippen molar-refractivity contribution in [1.82, 2.24) is 5.32 Å². The number of carbonyl (C=O) groups is 2. The predicted molar refractivity (Wildman–Crippen MR) is 71.0 cm³/mol. The molecule has 1 saturated heterocycles. The Bertz CT molecular complexity index is 300. The third-order valence-corrected chi connectivity index (χ3v) is 4.54. The molecule has 3 heteroatoms. The van der Waals surface area contributed by atoms with Crippen molar-refractivity contribution in [3.63, 3.8) is 0 Å². The summed E-state index contributed by atoms with van der Waals surface area (Å²) in [7, 11) is 0. The highest BCUT2D eigenvalue weighted by Crippen LogP contribution is 2.39. The van der Waals surface area contributed by atoms with Crippen molar-refractivity contribution < 1.29 is 9.59 Å². The highest BCUT2D eigenvalue weighted by atomic mass is 16.2. The van der Waals surface area contributed by atoms with Gasteiger partial charge in [-0.2, -0.15) is 0 Å². The monoisotopic (exact) mass is 251 g/mol. The van der Waals surface area contributed by atoms with Gasteiger partial charge in [-0.05, 0) is 12.8 Å². The molecule has 18 heavy (non-hydrogen) atoms. The van der Waals surface area contributed by atoms with Gasteiger partial charge in [-0.1, -0.05) is 57.8 Å². The molecule has 0 atom stereocenters. The van der Waals surface area contributed by atoms with E-state index >= 15 is 0 Å². The fourth-order valence-corrected chi connectivity index (χ4v) is 3.38. The minimum Gasteiger partial charge on any atom is -0.296 e. The van der Waals surface area contributed by atoms with Crippen LogP contribution in [0.15, 0.2) is 0 Å². The van der Waals surface area contributed by atoms with Gasteiger partial charge in [0.2, 0.25) is 11.8 Å². The summed E-state index contributed by atoms with van der Waals surface area (Å²) in [4.78, 5) is 23.5. The predicted octanol–water partition coefficient (Wildman–Crippen LogP) is 3.32. The van der Waals surface area contributed by atoms with E-state index < -0.39 is 0 Å². The number of nitrogens with one attached hydrogen (secondary N) is 1. The molecule has 2 aliphatic rings. The molecular weight excluding hydrogens is 226 g/mol. The molecule has 102 valence electrons. The van der Waals surface area contributed by atoms with Crippen LogP contribution in [0.4, 0.5) is 0 Å². The second-order valence-electron chi connectivity index (χ2n) is 6.02. The zero-order valence-corrected chi connectivity index (χ0v) is 11.3. The normalized spacial score (nSPS) is 26.4. The average Bonchev–Trinajstić information content (AvgIpc) is 2.59. The first kappa shape index (κ1) is 13.6. The standard InChI is InChI=1S/C15H25NO2/c17-13-12-15(14(18)16-13)10-8-6-4-2-1-3-5-7-9-11-15/h1-12H2,(H,16,17,18). The summed E-state index contributed by atoms with van der Waals surface area (Å²) >= 11 is 0. The molecule has 0 bridgehead atoms. The van der Waals surface area contributed by atoms with Gasteiger partial charge in [0.15, 0.2) is 0 Å².